The fourth-order valence-corrected chi connectivity index (χ4v) is 3.49. The smallest absolute Gasteiger partial charge is 0.179 e. The number of sulfone groups is 1. The highest BCUT2D eigenvalue weighted by Gasteiger charge is 2.22. The lowest BCUT2D eigenvalue weighted by atomic mass is 10.1. The molecule has 1 aromatic rings. The van der Waals surface area contributed by atoms with Gasteiger partial charge in [-0.2, -0.15) is 0 Å². The Labute approximate surface area is 109 Å². The number of hydrogen-bond donors (Lipinski definition) is 1. The maximum atomic E-state index is 12.2. The predicted octanol–water partition coefficient (Wildman–Crippen LogP) is 1.71. The van der Waals surface area contributed by atoms with Crippen LogP contribution in [0.3, 0.4) is 0 Å². The summed E-state index contributed by atoms with van der Waals surface area (Å²) in [6.45, 7) is 4.01. The van der Waals surface area contributed by atoms with Crippen LogP contribution in [0.1, 0.15) is 13.8 Å². The van der Waals surface area contributed by atoms with E-state index in [1.165, 1.54) is 0 Å². The van der Waals surface area contributed by atoms with Crippen molar-refractivity contribution >= 4 is 9.84 Å². The molecule has 0 aliphatic heterocycles. The highest BCUT2D eigenvalue weighted by molar-refractivity contribution is 7.91. The second-order valence-electron chi connectivity index (χ2n) is 4.60. The van der Waals surface area contributed by atoms with E-state index in [0.717, 1.165) is 0 Å². The highest BCUT2D eigenvalue weighted by atomic mass is 32.2. The molecule has 1 unspecified atom stereocenters. The summed E-state index contributed by atoms with van der Waals surface area (Å²) in [4.78, 5) is 0.337. The van der Waals surface area contributed by atoms with Crippen LogP contribution in [-0.2, 0) is 9.84 Å². The molecule has 0 saturated heterocycles. The van der Waals surface area contributed by atoms with Crippen LogP contribution in [-0.4, -0.2) is 34.4 Å². The zero-order valence-corrected chi connectivity index (χ0v) is 12.1. The molecular weight excluding hydrogens is 250 g/mol. The SMILES string of the molecule is CNC(CS(=O)(=O)c1ccc(OC)cc1)C(C)C. The Kier molecular flexibility index (Phi) is 5.16. The van der Waals surface area contributed by atoms with Crippen molar-refractivity contribution in [2.75, 3.05) is 19.9 Å². The van der Waals surface area contributed by atoms with Gasteiger partial charge in [0, 0.05) is 6.04 Å². The second kappa shape index (κ2) is 6.20. The lowest BCUT2D eigenvalue weighted by molar-refractivity contribution is 0.414. The van der Waals surface area contributed by atoms with Crippen molar-refractivity contribution in [1.29, 1.82) is 0 Å². The van der Waals surface area contributed by atoms with Gasteiger partial charge in [-0.3, -0.25) is 0 Å². The Morgan fingerprint density at radius 3 is 2.17 bits per heavy atom. The topological polar surface area (TPSA) is 55.4 Å². The molecule has 18 heavy (non-hydrogen) atoms. The third kappa shape index (κ3) is 3.71. The minimum absolute atomic E-state index is 0.0444. The molecule has 4 nitrogen and oxygen atoms in total. The van der Waals surface area contributed by atoms with E-state index in [1.54, 1.807) is 38.4 Å². The molecule has 0 radical (unpaired) electrons. The molecule has 0 heterocycles. The molecule has 0 aromatic heterocycles. The Bertz CT molecular complexity index is 466. The van der Waals surface area contributed by atoms with E-state index in [9.17, 15) is 8.42 Å². The molecule has 0 bridgehead atoms. The zero-order valence-electron chi connectivity index (χ0n) is 11.3. The van der Waals surface area contributed by atoms with E-state index in [-0.39, 0.29) is 17.7 Å². The van der Waals surface area contributed by atoms with Crippen molar-refractivity contribution < 1.29 is 13.2 Å². The van der Waals surface area contributed by atoms with Crippen LogP contribution in [0.5, 0.6) is 5.75 Å². The Morgan fingerprint density at radius 1 is 1.22 bits per heavy atom. The fourth-order valence-electron chi connectivity index (χ4n) is 1.72. The first kappa shape index (κ1) is 15.0. The summed E-state index contributed by atoms with van der Waals surface area (Å²) < 4.78 is 29.5. The van der Waals surface area contributed by atoms with E-state index in [1.807, 2.05) is 13.8 Å². The zero-order chi connectivity index (χ0) is 13.8. The fraction of sp³-hybridized carbons (Fsp3) is 0.538. The molecule has 0 aliphatic carbocycles. The molecule has 102 valence electrons. The lowest BCUT2D eigenvalue weighted by Gasteiger charge is -2.20. The summed E-state index contributed by atoms with van der Waals surface area (Å²) in [6, 6.07) is 6.45. The quantitative estimate of drug-likeness (QED) is 0.856. The van der Waals surface area contributed by atoms with Crippen molar-refractivity contribution in [3.05, 3.63) is 24.3 Å². The lowest BCUT2D eigenvalue weighted by Crippen LogP contribution is -2.37. The highest BCUT2D eigenvalue weighted by Crippen LogP contribution is 2.18. The molecular formula is C13H21NO3S. The monoisotopic (exact) mass is 271 g/mol. The summed E-state index contributed by atoms with van der Waals surface area (Å²) in [5.41, 5.74) is 0. The van der Waals surface area contributed by atoms with Crippen LogP contribution in [0, 0.1) is 5.92 Å². The molecule has 5 heteroatoms. The summed E-state index contributed by atoms with van der Waals surface area (Å²) in [7, 11) is 0.0811. The Hall–Kier alpha value is -1.07. The summed E-state index contributed by atoms with van der Waals surface area (Å²) >= 11 is 0. The number of rotatable bonds is 6. The first-order valence-corrected chi connectivity index (χ1v) is 7.60. The van der Waals surface area contributed by atoms with Crippen LogP contribution in [0.2, 0.25) is 0 Å². The van der Waals surface area contributed by atoms with E-state index in [2.05, 4.69) is 5.32 Å². The first-order chi connectivity index (χ1) is 8.40. The molecule has 0 amide bonds. The Morgan fingerprint density at radius 2 is 1.78 bits per heavy atom. The summed E-state index contributed by atoms with van der Waals surface area (Å²) in [5.74, 6) is 1.03. The summed E-state index contributed by atoms with van der Waals surface area (Å²) in [6.07, 6.45) is 0. The molecule has 0 fully saturated rings. The predicted molar refractivity (Wildman–Crippen MR) is 72.7 cm³/mol. The van der Waals surface area contributed by atoms with Gasteiger partial charge in [0.2, 0.25) is 0 Å². The maximum absolute atomic E-state index is 12.2. The van der Waals surface area contributed by atoms with Crippen LogP contribution in [0.15, 0.2) is 29.2 Å². The van der Waals surface area contributed by atoms with Crippen LogP contribution >= 0.6 is 0 Å². The number of methoxy groups -OCH3 is 1. The largest absolute Gasteiger partial charge is 0.497 e. The number of hydrogen-bond acceptors (Lipinski definition) is 4. The van der Waals surface area contributed by atoms with E-state index in [4.69, 9.17) is 4.74 Å². The van der Waals surface area contributed by atoms with E-state index >= 15 is 0 Å². The van der Waals surface area contributed by atoms with E-state index in [0.29, 0.717) is 10.6 Å². The van der Waals surface area contributed by atoms with Crippen molar-refractivity contribution in [3.8, 4) is 5.75 Å². The molecule has 1 N–H and O–H groups in total. The first-order valence-electron chi connectivity index (χ1n) is 5.94. The summed E-state index contributed by atoms with van der Waals surface area (Å²) in [5, 5.41) is 3.05. The van der Waals surface area contributed by atoms with Gasteiger partial charge in [0.05, 0.1) is 17.8 Å². The molecule has 1 atom stereocenters. The van der Waals surface area contributed by atoms with Crippen molar-refractivity contribution in [1.82, 2.24) is 5.32 Å². The number of ether oxygens (including phenoxy) is 1. The van der Waals surface area contributed by atoms with Crippen molar-refractivity contribution in [2.24, 2.45) is 5.92 Å². The van der Waals surface area contributed by atoms with Crippen LogP contribution < -0.4 is 10.1 Å². The second-order valence-corrected chi connectivity index (χ2v) is 6.63. The van der Waals surface area contributed by atoms with Gasteiger partial charge in [0.25, 0.3) is 0 Å². The van der Waals surface area contributed by atoms with Crippen LogP contribution in [0.25, 0.3) is 0 Å². The molecule has 1 aromatic carbocycles. The van der Waals surface area contributed by atoms with Gasteiger partial charge in [0.15, 0.2) is 9.84 Å². The minimum Gasteiger partial charge on any atom is -0.497 e. The number of benzene rings is 1. The average Bonchev–Trinajstić information content (AvgIpc) is 2.35. The molecule has 1 rings (SSSR count). The van der Waals surface area contributed by atoms with Crippen molar-refractivity contribution in [2.45, 2.75) is 24.8 Å². The Balaban J connectivity index is 2.91. The van der Waals surface area contributed by atoms with Crippen molar-refractivity contribution in [3.63, 3.8) is 0 Å². The van der Waals surface area contributed by atoms with Gasteiger partial charge in [-0.25, -0.2) is 8.42 Å². The van der Waals surface area contributed by atoms with Crippen LogP contribution in [0.4, 0.5) is 0 Å². The number of nitrogens with one attached hydrogen (secondary N) is 1. The minimum atomic E-state index is -3.26. The molecule has 0 saturated carbocycles. The molecule has 0 spiro atoms. The third-order valence-electron chi connectivity index (χ3n) is 2.99. The third-order valence-corrected chi connectivity index (χ3v) is 4.78. The molecule has 0 aliphatic rings. The van der Waals surface area contributed by atoms with E-state index < -0.39 is 9.84 Å². The van der Waals surface area contributed by atoms with Gasteiger partial charge < -0.3 is 10.1 Å². The maximum Gasteiger partial charge on any atom is 0.179 e. The van der Waals surface area contributed by atoms with Gasteiger partial charge in [-0.05, 0) is 37.2 Å². The average molecular weight is 271 g/mol. The van der Waals surface area contributed by atoms with Gasteiger partial charge in [-0.1, -0.05) is 13.8 Å². The van der Waals surface area contributed by atoms with Gasteiger partial charge in [0.1, 0.15) is 5.75 Å². The normalized spacial score (nSPS) is 13.6. The van der Waals surface area contributed by atoms with Gasteiger partial charge >= 0.3 is 0 Å². The van der Waals surface area contributed by atoms with Gasteiger partial charge in [-0.15, -0.1) is 0 Å². The standard InChI is InChI=1S/C13H21NO3S/c1-10(2)13(14-3)9-18(15,16)12-7-5-11(17-4)6-8-12/h5-8,10,13-14H,9H2,1-4H3.